The van der Waals surface area contributed by atoms with Gasteiger partial charge in [0.15, 0.2) is 0 Å². The predicted octanol–water partition coefficient (Wildman–Crippen LogP) is 2.69. The Hall–Kier alpha value is -2.66. The third-order valence-electron chi connectivity index (χ3n) is 3.96. The third kappa shape index (κ3) is 5.16. The van der Waals surface area contributed by atoms with Crippen LogP contribution in [0.25, 0.3) is 0 Å². The van der Waals surface area contributed by atoms with E-state index in [0.717, 1.165) is 16.8 Å². The molecule has 0 aliphatic heterocycles. The standard InChI is InChI=1S/C20H25N3O2/c1-15-10-12-17(13-11-15)21-18(24)14-23(4)19(20(25)22(2)3)16-8-6-5-7-9-16/h5-13,19H,14H2,1-4H3,(H,21,24). The monoisotopic (exact) mass is 339 g/mol. The van der Waals surface area contributed by atoms with E-state index in [4.69, 9.17) is 0 Å². The number of likely N-dealkylation sites (N-methyl/N-ethyl adjacent to an activating group) is 2. The Kier molecular flexibility index (Phi) is 6.31. The van der Waals surface area contributed by atoms with Crippen LogP contribution in [0, 0.1) is 6.92 Å². The van der Waals surface area contributed by atoms with Gasteiger partial charge in [-0.1, -0.05) is 48.0 Å². The fraction of sp³-hybridized carbons (Fsp3) is 0.300. The Bertz CT molecular complexity index is 711. The molecule has 0 aliphatic carbocycles. The summed E-state index contributed by atoms with van der Waals surface area (Å²) in [6.07, 6.45) is 0. The van der Waals surface area contributed by atoms with Crippen LogP contribution < -0.4 is 5.32 Å². The molecule has 5 heteroatoms. The lowest BCUT2D eigenvalue weighted by atomic mass is 10.0. The number of carbonyl (C=O) groups is 2. The van der Waals surface area contributed by atoms with Crippen LogP contribution >= 0.6 is 0 Å². The molecule has 5 nitrogen and oxygen atoms in total. The number of nitrogens with zero attached hydrogens (tertiary/aromatic N) is 2. The van der Waals surface area contributed by atoms with Crippen molar-refractivity contribution in [1.82, 2.24) is 9.80 Å². The summed E-state index contributed by atoms with van der Waals surface area (Å²) in [5.41, 5.74) is 2.75. The van der Waals surface area contributed by atoms with Gasteiger partial charge in [-0.05, 0) is 31.7 Å². The van der Waals surface area contributed by atoms with Gasteiger partial charge in [-0.25, -0.2) is 0 Å². The molecule has 2 aromatic carbocycles. The maximum absolute atomic E-state index is 12.6. The number of benzene rings is 2. The predicted molar refractivity (Wildman–Crippen MR) is 100 cm³/mol. The Morgan fingerprint density at radius 2 is 1.56 bits per heavy atom. The molecule has 0 saturated carbocycles. The molecule has 0 spiro atoms. The van der Waals surface area contributed by atoms with E-state index in [-0.39, 0.29) is 18.4 Å². The highest BCUT2D eigenvalue weighted by Gasteiger charge is 2.27. The lowest BCUT2D eigenvalue weighted by molar-refractivity contribution is -0.134. The number of anilines is 1. The number of rotatable bonds is 6. The molecular formula is C20H25N3O2. The fourth-order valence-electron chi connectivity index (χ4n) is 2.62. The van der Waals surface area contributed by atoms with Gasteiger partial charge < -0.3 is 10.2 Å². The largest absolute Gasteiger partial charge is 0.347 e. The third-order valence-corrected chi connectivity index (χ3v) is 3.96. The first-order chi connectivity index (χ1) is 11.9. The molecule has 1 atom stereocenters. The number of carbonyl (C=O) groups excluding carboxylic acids is 2. The Morgan fingerprint density at radius 3 is 2.12 bits per heavy atom. The van der Waals surface area contributed by atoms with Crippen LogP contribution in [0.4, 0.5) is 5.69 Å². The SMILES string of the molecule is Cc1ccc(NC(=O)CN(C)C(C(=O)N(C)C)c2ccccc2)cc1. The first-order valence-corrected chi connectivity index (χ1v) is 8.21. The maximum atomic E-state index is 12.6. The lowest BCUT2D eigenvalue weighted by Crippen LogP contribution is -2.41. The summed E-state index contributed by atoms with van der Waals surface area (Å²) in [4.78, 5) is 28.3. The van der Waals surface area contributed by atoms with E-state index < -0.39 is 6.04 Å². The van der Waals surface area contributed by atoms with Crippen molar-refractivity contribution in [2.24, 2.45) is 0 Å². The molecule has 0 radical (unpaired) electrons. The topological polar surface area (TPSA) is 52.7 Å². The van der Waals surface area contributed by atoms with Crippen LogP contribution in [-0.2, 0) is 9.59 Å². The average Bonchev–Trinajstić information content (AvgIpc) is 2.58. The van der Waals surface area contributed by atoms with E-state index in [1.807, 2.05) is 61.5 Å². The van der Waals surface area contributed by atoms with Gasteiger partial charge in [-0.3, -0.25) is 14.5 Å². The van der Waals surface area contributed by atoms with E-state index in [0.29, 0.717) is 0 Å². The second-order valence-electron chi connectivity index (χ2n) is 6.38. The first-order valence-electron chi connectivity index (χ1n) is 8.21. The molecule has 0 aromatic heterocycles. The second-order valence-corrected chi connectivity index (χ2v) is 6.38. The quantitative estimate of drug-likeness (QED) is 0.880. The summed E-state index contributed by atoms with van der Waals surface area (Å²) in [7, 11) is 5.23. The maximum Gasteiger partial charge on any atom is 0.244 e. The lowest BCUT2D eigenvalue weighted by Gasteiger charge is -2.29. The summed E-state index contributed by atoms with van der Waals surface area (Å²) in [5.74, 6) is -0.212. The van der Waals surface area contributed by atoms with Crippen LogP contribution in [0.15, 0.2) is 54.6 Å². The van der Waals surface area contributed by atoms with Crippen molar-refractivity contribution in [3.8, 4) is 0 Å². The van der Waals surface area contributed by atoms with Crippen molar-refractivity contribution in [1.29, 1.82) is 0 Å². The van der Waals surface area contributed by atoms with Crippen LogP contribution in [0.3, 0.4) is 0 Å². The summed E-state index contributed by atoms with van der Waals surface area (Å²) < 4.78 is 0. The zero-order chi connectivity index (χ0) is 18.4. The molecule has 0 saturated heterocycles. The van der Waals surface area contributed by atoms with Crippen LogP contribution in [-0.4, -0.2) is 49.3 Å². The Balaban J connectivity index is 2.10. The molecule has 2 amide bonds. The normalized spacial score (nSPS) is 11.9. The van der Waals surface area contributed by atoms with Crippen molar-refractivity contribution in [3.05, 3.63) is 65.7 Å². The van der Waals surface area contributed by atoms with Gasteiger partial charge >= 0.3 is 0 Å². The summed E-state index contributed by atoms with van der Waals surface area (Å²) >= 11 is 0. The molecule has 25 heavy (non-hydrogen) atoms. The Labute approximate surface area is 149 Å². The number of hydrogen-bond donors (Lipinski definition) is 1. The summed E-state index contributed by atoms with van der Waals surface area (Å²) in [6, 6.07) is 16.6. The van der Waals surface area contributed by atoms with Gasteiger partial charge in [-0.2, -0.15) is 0 Å². The smallest absolute Gasteiger partial charge is 0.244 e. The highest BCUT2D eigenvalue weighted by Crippen LogP contribution is 2.21. The van der Waals surface area contributed by atoms with E-state index in [1.165, 1.54) is 0 Å². The Morgan fingerprint density at radius 1 is 0.960 bits per heavy atom. The van der Waals surface area contributed by atoms with Crippen molar-refractivity contribution in [2.45, 2.75) is 13.0 Å². The van der Waals surface area contributed by atoms with E-state index in [1.54, 1.807) is 30.9 Å². The number of nitrogens with one attached hydrogen (secondary N) is 1. The van der Waals surface area contributed by atoms with E-state index in [9.17, 15) is 9.59 Å². The molecule has 1 unspecified atom stereocenters. The minimum absolute atomic E-state index is 0.0585. The summed E-state index contributed by atoms with van der Waals surface area (Å²) in [5, 5.41) is 2.87. The molecule has 0 aliphatic rings. The molecule has 0 fully saturated rings. The van der Waals surface area contributed by atoms with Crippen LogP contribution in [0.2, 0.25) is 0 Å². The number of aryl methyl sites for hydroxylation is 1. The highest BCUT2D eigenvalue weighted by molar-refractivity contribution is 5.93. The van der Waals surface area contributed by atoms with Gasteiger partial charge in [0, 0.05) is 19.8 Å². The minimum atomic E-state index is -0.500. The summed E-state index contributed by atoms with van der Waals surface area (Å²) in [6.45, 7) is 2.11. The zero-order valence-corrected chi connectivity index (χ0v) is 15.2. The second kappa shape index (κ2) is 8.44. The van der Waals surface area contributed by atoms with Crippen molar-refractivity contribution in [3.63, 3.8) is 0 Å². The number of hydrogen-bond acceptors (Lipinski definition) is 3. The van der Waals surface area contributed by atoms with Gasteiger partial charge in [0.05, 0.1) is 6.54 Å². The van der Waals surface area contributed by atoms with Gasteiger partial charge in [-0.15, -0.1) is 0 Å². The minimum Gasteiger partial charge on any atom is -0.347 e. The van der Waals surface area contributed by atoms with Crippen molar-refractivity contribution >= 4 is 17.5 Å². The average molecular weight is 339 g/mol. The van der Waals surface area contributed by atoms with E-state index >= 15 is 0 Å². The van der Waals surface area contributed by atoms with Crippen molar-refractivity contribution < 1.29 is 9.59 Å². The molecular weight excluding hydrogens is 314 g/mol. The highest BCUT2D eigenvalue weighted by atomic mass is 16.2. The van der Waals surface area contributed by atoms with E-state index in [2.05, 4.69) is 5.32 Å². The van der Waals surface area contributed by atoms with Crippen LogP contribution in [0.1, 0.15) is 17.2 Å². The zero-order valence-electron chi connectivity index (χ0n) is 15.2. The molecule has 0 bridgehead atoms. The van der Waals surface area contributed by atoms with Gasteiger partial charge in [0.25, 0.3) is 0 Å². The molecule has 2 aromatic rings. The molecule has 2 rings (SSSR count). The van der Waals surface area contributed by atoms with Gasteiger partial charge in [0.1, 0.15) is 6.04 Å². The van der Waals surface area contributed by atoms with Crippen molar-refractivity contribution in [2.75, 3.05) is 33.0 Å². The molecule has 132 valence electrons. The molecule has 1 N–H and O–H groups in total. The first kappa shape index (κ1) is 18.7. The molecule has 0 heterocycles. The number of amides is 2. The van der Waals surface area contributed by atoms with Crippen LogP contribution in [0.5, 0.6) is 0 Å². The fourth-order valence-corrected chi connectivity index (χ4v) is 2.62. The van der Waals surface area contributed by atoms with Gasteiger partial charge in [0.2, 0.25) is 11.8 Å².